The molecule has 1 aromatic carbocycles. The molecule has 0 bridgehead atoms. The average molecular weight is 331 g/mol. The molecule has 1 aliphatic heterocycles. The van der Waals surface area contributed by atoms with Crippen molar-refractivity contribution < 1.29 is 9.47 Å². The van der Waals surface area contributed by atoms with E-state index in [1.54, 1.807) is 6.20 Å². The molecule has 3 rings (SSSR count). The normalized spacial score (nSPS) is 14.6. The Balaban J connectivity index is 1.62. The smallest absolute Gasteiger partial charge is 0.328 e. The number of hydrogen-bond acceptors (Lipinski definition) is 5. The van der Waals surface area contributed by atoms with Gasteiger partial charge in [-0.05, 0) is 18.6 Å². The summed E-state index contributed by atoms with van der Waals surface area (Å²) in [7, 11) is 0. The van der Waals surface area contributed by atoms with E-state index in [9.17, 15) is 9.59 Å². The van der Waals surface area contributed by atoms with Gasteiger partial charge < -0.3 is 14.4 Å². The summed E-state index contributed by atoms with van der Waals surface area (Å²) in [5.41, 5.74) is -0.225. The Morgan fingerprint density at radius 1 is 1.12 bits per heavy atom. The van der Waals surface area contributed by atoms with E-state index in [2.05, 4.69) is 4.98 Å². The second-order valence-electron chi connectivity index (χ2n) is 5.58. The molecule has 1 aromatic heterocycles. The number of ether oxygens (including phenoxy) is 2. The van der Waals surface area contributed by atoms with Crippen LogP contribution in [0.4, 0.5) is 5.69 Å². The van der Waals surface area contributed by atoms with Gasteiger partial charge in [-0.1, -0.05) is 18.2 Å². The first-order valence-corrected chi connectivity index (χ1v) is 8.08. The van der Waals surface area contributed by atoms with Crippen LogP contribution in [0.15, 0.2) is 46.1 Å². The van der Waals surface area contributed by atoms with Gasteiger partial charge in [0.25, 0.3) is 5.56 Å². The summed E-state index contributed by atoms with van der Waals surface area (Å²) in [6, 6.07) is 9.54. The second kappa shape index (κ2) is 7.83. The Bertz CT molecular complexity index is 763. The van der Waals surface area contributed by atoms with Crippen LogP contribution in [0.1, 0.15) is 6.42 Å². The molecule has 1 aliphatic rings. The maximum atomic E-state index is 12.0. The lowest BCUT2D eigenvalue weighted by Gasteiger charge is -2.28. The topological polar surface area (TPSA) is 76.6 Å². The summed E-state index contributed by atoms with van der Waals surface area (Å²) in [6.45, 7) is 3.46. The Labute approximate surface area is 139 Å². The fourth-order valence-electron chi connectivity index (χ4n) is 2.64. The van der Waals surface area contributed by atoms with Crippen LogP contribution in [-0.4, -0.2) is 42.5 Å². The van der Waals surface area contributed by atoms with Gasteiger partial charge in [-0.2, -0.15) is 0 Å². The van der Waals surface area contributed by atoms with Crippen molar-refractivity contribution in [2.45, 2.75) is 13.0 Å². The highest BCUT2D eigenvalue weighted by molar-refractivity contribution is 5.42. The number of nitrogens with zero attached hydrogens (tertiary/aromatic N) is 2. The van der Waals surface area contributed by atoms with E-state index in [4.69, 9.17) is 9.47 Å². The minimum atomic E-state index is -0.392. The van der Waals surface area contributed by atoms with Gasteiger partial charge in [0.05, 0.1) is 19.8 Å². The fourth-order valence-corrected chi connectivity index (χ4v) is 2.64. The first-order chi connectivity index (χ1) is 11.7. The second-order valence-corrected chi connectivity index (χ2v) is 5.58. The van der Waals surface area contributed by atoms with Crippen LogP contribution in [0.2, 0.25) is 0 Å². The number of aryl methyl sites for hydroxylation is 1. The van der Waals surface area contributed by atoms with Crippen molar-refractivity contribution in [2.75, 3.05) is 37.8 Å². The number of morpholine rings is 1. The van der Waals surface area contributed by atoms with Crippen LogP contribution in [-0.2, 0) is 11.3 Å². The van der Waals surface area contributed by atoms with Crippen LogP contribution >= 0.6 is 0 Å². The summed E-state index contributed by atoms with van der Waals surface area (Å²) >= 11 is 0. The zero-order valence-electron chi connectivity index (χ0n) is 13.4. The molecule has 0 amide bonds. The van der Waals surface area contributed by atoms with Crippen LogP contribution in [0.3, 0.4) is 0 Å². The van der Waals surface area contributed by atoms with Crippen LogP contribution < -0.4 is 20.9 Å². The lowest BCUT2D eigenvalue weighted by atomic mass is 10.3. The molecule has 128 valence electrons. The fraction of sp³-hybridized carbons (Fsp3) is 0.412. The lowest BCUT2D eigenvalue weighted by molar-refractivity contribution is 0.122. The monoisotopic (exact) mass is 331 g/mol. The molecule has 1 fully saturated rings. The number of para-hydroxylation sites is 1. The number of hydrogen-bond donors (Lipinski definition) is 1. The minimum absolute atomic E-state index is 0.348. The molecule has 7 nitrogen and oxygen atoms in total. The highest BCUT2D eigenvalue weighted by atomic mass is 16.5. The van der Waals surface area contributed by atoms with E-state index in [1.165, 1.54) is 4.57 Å². The number of aromatic amines is 1. The SMILES string of the molecule is O=c1[nH]c(=O)n(CCCOc2ccccc2)cc1N1CCOCC1. The van der Waals surface area contributed by atoms with Crippen molar-refractivity contribution in [1.29, 1.82) is 0 Å². The number of benzene rings is 1. The maximum absolute atomic E-state index is 12.0. The van der Waals surface area contributed by atoms with Gasteiger partial charge in [0.1, 0.15) is 11.4 Å². The largest absolute Gasteiger partial charge is 0.494 e. The molecule has 0 saturated carbocycles. The Morgan fingerprint density at radius 2 is 1.88 bits per heavy atom. The van der Waals surface area contributed by atoms with E-state index < -0.39 is 5.69 Å². The van der Waals surface area contributed by atoms with E-state index >= 15 is 0 Å². The van der Waals surface area contributed by atoms with E-state index in [1.807, 2.05) is 35.2 Å². The Morgan fingerprint density at radius 3 is 2.62 bits per heavy atom. The summed E-state index contributed by atoms with van der Waals surface area (Å²) in [6.07, 6.45) is 2.30. The van der Waals surface area contributed by atoms with Crippen molar-refractivity contribution in [2.24, 2.45) is 0 Å². The third-order valence-corrected chi connectivity index (χ3v) is 3.90. The van der Waals surface area contributed by atoms with Gasteiger partial charge in [0.2, 0.25) is 0 Å². The molecule has 2 heterocycles. The average Bonchev–Trinajstić information content (AvgIpc) is 2.62. The molecule has 0 radical (unpaired) electrons. The Kier molecular flexibility index (Phi) is 5.32. The van der Waals surface area contributed by atoms with Gasteiger partial charge >= 0.3 is 5.69 Å². The molecular formula is C17H21N3O4. The predicted octanol–water partition coefficient (Wildman–Crippen LogP) is 0.842. The van der Waals surface area contributed by atoms with Crippen molar-refractivity contribution in [3.05, 3.63) is 57.4 Å². The summed E-state index contributed by atoms with van der Waals surface area (Å²) in [5.74, 6) is 0.806. The number of rotatable bonds is 6. The third kappa shape index (κ3) is 4.05. The maximum Gasteiger partial charge on any atom is 0.328 e. The zero-order valence-corrected chi connectivity index (χ0v) is 13.4. The standard InChI is InChI=1S/C17H21N3O4/c21-16-15(19-8-11-23-12-9-19)13-20(17(22)18-16)7-4-10-24-14-5-2-1-3-6-14/h1-3,5-6,13H,4,7-12H2,(H,18,21,22). The lowest BCUT2D eigenvalue weighted by Crippen LogP contribution is -2.42. The van der Waals surface area contributed by atoms with Crippen LogP contribution in [0.25, 0.3) is 0 Å². The molecule has 0 unspecified atom stereocenters. The molecule has 0 aliphatic carbocycles. The molecule has 7 heteroatoms. The van der Waals surface area contributed by atoms with Gasteiger partial charge in [0.15, 0.2) is 0 Å². The van der Waals surface area contributed by atoms with E-state index in [0.717, 1.165) is 5.75 Å². The number of nitrogens with one attached hydrogen (secondary N) is 1. The highest BCUT2D eigenvalue weighted by Crippen LogP contribution is 2.10. The van der Waals surface area contributed by atoms with E-state index in [-0.39, 0.29) is 5.56 Å². The first-order valence-electron chi connectivity index (χ1n) is 8.08. The number of anilines is 1. The van der Waals surface area contributed by atoms with Crippen LogP contribution in [0, 0.1) is 0 Å². The molecular weight excluding hydrogens is 310 g/mol. The molecule has 0 atom stereocenters. The Hall–Kier alpha value is -2.54. The molecule has 2 aromatic rings. The van der Waals surface area contributed by atoms with Gasteiger partial charge in [0, 0.05) is 25.8 Å². The zero-order chi connectivity index (χ0) is 16.8. The summed E-state index contributed by atoms with van der Waals surface area (Å²) < 4.78 is 12.4. The molecule has 1 N–H and O–H groups in total. The third-order valence-electron chi connectivity index (χ3n) is 3.90. The molecule has 24 heavy (non-hydrogen) atoms. The summed E-state index contributed by atoms with van der Waals surface area (Å²) in [4.78, 5) is 28.3. The first kappa shape index (κ1) is 16.3. The van der Waals surface area contributed by atoms with Gasteiger partial charge in [-0.3, -0.25) is 14.3 Å². The highest BCUT2D eigenvalue weighted by Gasteiger charge is 2.15. The van der Waals surface area contributed by atoms with Crippen molar-refractivity contribution in [3.8, 4) is 5.75 Å². The van der Waals surface area contributed by atoms with Gasteiger partial charge in [-0.25, -0.2) is 4.79 Å². The van der Waals surface area contributed by atoms with Gasteiger partial charge in [-0.15, -0.1) is 0 Å². The number of H-pyrrole nitrogens is 1. The quantitative estimate of drug-likeness (QED) is 0.794. The van der Waals surface area contributed by atoms with Crippen molar-refractivity contribution in [1.82, 2.24) is 9.55 Å². The predicted molar refractivity (Wildman–Crippen MR) is 90.9 cm³/mol. The molecule has 0 spiro atoms. The van der Waals surface area contributed by atoms with Crippen molar-refractivity contribution in [3.63, 3.8) is 0 Å². The van der Waals surface area contributed by atoms with E-state index in [0.29, 0.717) is 51.6 Å². The van der Waals surface area contributed by atoms with Crippen LogP contribution in [0.5, 0.6) is 5.75 Å². The number of aromatic nitrogens is 2. The minimum Gasteiger partial charge on any atom is -0.494 e. The molecule has 1 saturated heterocycles. The van der Waals surface area contributed by atoms with Crippen molar-refractivity contribution >= 4 is 5.69 Å². The summed E-state index contributed by atoms with van der Waals surface area (Å²) in [5, 5.41) is 0.